The summed E-state index contributed by atoms with van der Waals surface area (Å²) in [5, 5.41) is 13.1. The lowest BCUT2D eigenvalue weighted by Crippen LogP contribution is -2.47. The van der Waals surface area contributed by atoms with Crippen molar-refractivity contribution in [3.8, 4) is 5.82 Å². The molecule has 0 spiro atoms. The van der Waals surface area contributed by atoms with Crippen molar-refractivity contribution in [1.82, 2.24) is 29.9 Å². The Hall–Kier alpha value is -3.10. The minimum absolute atomic E-state index is 0.352. The van der Waals surface area contributed by atoms with E-state index in [0.717, 1.165) is 30.3 Å². The van der Waals surface area contributed by atoms with E-state index in [0.29, 0.717) is 24.7 Å². The van der Waals surface area contributed by atoms with Crippen molar-refractivity contribution in [2.24, 2.45) is 0 Å². The maximum atomic E-state index is 13.8. The second-order valence-corrected chi connectivity index (χ2v) is 6.26. The smallest absolute Gasteiger partial charge is 0.183 e. The normalized spacial score (nSPS) is 14.7. The molecule has 26 heavy (non-hydrogen) atoms. The van der Waals surface area contributed by atoms with E-state index in [2.05, 4.69) is 30.2 Å². The lowest BCUT2D eigenvalue weighted by Gasteiger charge is -2.35. The average molecular weight is 354 g/mol. The standard InChI is InChI=1S/C17H19FN8/c1-12-9-13(2)26(23-12)16-4-3-15(21-22-16)24-5-7-25(8-6-24)17-14(18)10-19-11-20-17/h3-4,9-11H,5-8H2,1-2H3. The number of anilines is 2. The highest BCUT2D eigenvalue weighted by atomic mass is 19.1. The monoisotopic (exact) mass is 354 g/mol. The quantitative estimate of drug-likeness (QED) is 0.706. The molecule has 1 fully saturated rings. The maximum Gasteiger partial charge on any atom is 0.183 e. The van der Waals surface area contributed by atoms with Crippen LogP contribution >= 0.6 is 0 Å². The van der Waals surface area contributed by atoms with Crippen LogP contribution in [0, 0.1) is 19.7 Å². The van der Waals surface area contributed by atoms with Gasteiger partial charge in [-0.3, -0.25) is 0 Å². The first kappa shape index (κ1) is 16.4. The van der Waals surface area contributed by atoms with E-state index < -0.39 is 5.82 Å². The maximum absolute atomic E-state index is 13.8. The number of piperazine rings is 1. The topological polar surface area (TPSA) is 75.9 Å². The number of halogens is 1. The number of nitrogens with zero attached hydrogens (tertiary/aromatic N) is 8. The first-order valence-corrected chi connectivity index (χ1v) is 8.44. The Balaban J connectivity index is 1.45. The van der Waals surface area contributed by atoms with Gasteiger partial charge in [0.2, 0.25) is 0 Å². The third kappa shape index (κ3) is 3.07. The van der Waals surface area contributed by atoms with Gasteiger partial charge >= 0.3 is 0 Å². The van der Waals surface area contributed by atoms with Gasteiger partial charge in [0.15, 0.2) is 23.3 Å². The van der Waals surface area contributed by atoms with Crippen LogP contribution in [0.15, 0.2) is 30.7 Å². The van der Waals surface area contributed by atoms with Crippen LogP contribution in [0.1, 0.15) is 11.4 Å². The molecule has 0 unspecified atom stereocenters. The summed E-state index contributed by atoms with van der Waals surface area (Å²) >= 11 is 0. The van der Waals surface area contributed by atoms with Gasteiger partial charge in [0, 0.05) is 31.9 Å². The lowest BCUT2D eigenvalue weighted by atomic mass is 10.3. The molecule has 0 bridgehead atoms. The molecule has 0 radical (unpaired) electrons. The molecule has 0 amide bonds. The fraction of sp³-hybridized carbons (Fsp3) is 0.353. The third-order valence-electron chi connectivity index (χ3n) is 4.41. The van der Waals surface area contributed by atoms with Crippen LogP contribution in [0.5, 0.6) is 0 Å². The molecule has 0 N–H and O–H groups in total. The number of aryl methyl sites for hydroxylation is 2. The van der Waals surface area contributed by atoms with Crippen LogP contribution in [-0.2, 0) is 0 Å². The molecule has 0 aliphatic carbocycles. The summed E-state index contributed by atoms with van der Waals surface area (Å²) in [4.78, 5) is 11.8. The number of hydrogen-bond acceptors (Lipinski definition) is 7. The van der Waals surface area contributed by atoms with Crippen molar-refractivity contribution in [2.75, 3.05) is 36.0 Å². The molecule has 9 heteroatoms. The van der Waals surface area contributed by atoms with Crippen molar-refractivity contribution >= 4 is 11.6 Å². The van der Waals surface area contributed by atoms with Crippen LogP contribution in [0.4, 0.5) is 16.0 Å². The van der Waals surface area contributed by atoms with Gasteiger partial charge in [-0.15, -0.1) is 10.2 Å². The highest BCUT2D eigenvalue weighted by Crippen LogP contribution is 2.19. The van der Waals surface area contributed by atoms with Crippen molar-refractivity contribution in [3.05, 3.63) is 47.9 Å². The molecule has 0 saturated carbocycles. The molecule has 0 atom stereocenters. The molecular weight excluding hydrogens is 335 g/mol. The molecule has 134 valence electrons. The fourth-order valence-corrected chi connectivity index (χ4v) is 3.15. The zero-order chi connectivity index (χ0) is 18.1. The van der Waals surface area contributed by atoms with Crippen LogP contribution in [0.2, 0.25) is 0 Å². The molecule has 4 rings (SSSR count). The van der Waals surface area contributed by atoms with E-state index in [-0.39, 0.29) is 0 Å². The van der Waals surface area contributed by atoms with E-state index in [9.17, 15) is 4.39 Å². The Morgan fingerprint density at radius 2 is 1.65 bits per heavy atom. The van der Waals surface area contributed by atoms with Crippen molar-refractivity contribution < 1.29 is 4.39 Å². The van der Waals surface area contributed by atoms with E-state index in [4.69, 9.17) is 0 Å². The summed E-state index contributed by atoms with van der Waals surface area (Å²) in [5.74, 6) is 1.46. The predicted octanol–water partition coefficient (Wildman–Crippen LogP) is 1.53. The van der Waals surface area contributed by atoms with Gasteiger partial charge in [0.1, 0.15) is 6.33 Å². The molecule has 3 aromatic rings. The van der Waals surface area contributed by atoms with Crippen molar-refractivity contribution in [3.63, 3.8) is 0 Å². The van der Waals surface area contributed by atoms with E-state index >= 15 is 0 Å². The molecule has 8 nitrogen and oxygen atoms in total. The zero-order valence-corrected chi connectivity index (χ0v) is 14.7. The third-order valence-corrected chi connectivity index (χ3v) is 4.41. The summed E-state index contributed by atoms with van der Waals surface area (Å²) in [6, 6.07) is 5.86. The zero-order valence-electron chi connectivity index (χ0n) is 14.7. The predicted molar refractivity (Wildman–Crippen MR) is 95.0 cm³/mol. The highest BCUT2D eigenvalue weighted by Gasteiger charge is 2.21. The summed E-state index contributed by atoms with van der Waals surface area (Å²) in [6.45, 7) is 6.70. The van der Waals surface area contributed by atoms with Crippen LogP contribution in [0.3, 0.4) is 0 Å². The number of aromatic nitrogens is 6. The summed E-state index contributed by atoms with van der Waals surface area (Å²) in [7, 11) is 0. The van der Waals surface area contributed by atoms with E-state index in [1.54, 1.807) is 4.68 Å². The van der Waals surface area contributed by atoms with Crippen molar-refractivity contribution in [1.29, 1.82) is 0 Å². The lowest BCUT2D eigenvalue weighted by molar-refractivity contribution is 0.580. The van der Waals surface area contributed by atoms with Gasteiger partial charge < -0.3 is 9.80 Å². The van der Waals surface area contributed by atoms with Crippen LogP contribution < -0.4 is 9.80 Å². The van der Waals surface area contributed by atoms with Gasteiger partial charge in [-0.1, -0.05) is 0 Å². The van der Waals surface area contributed by atoms with E-state index in [1.807, 2.05) is 36.9 Å². The van der Waals surface area contributed by atoms with Gasteiger partial charge in [-0.25, -0.2) is 19.0 Å². The van der Waals surface area contributed by atoms with Gasteiger partial charge in [0.05, 0.1) is 11.9 Å². The van der Waals surface area contributed by atoms with Gasteiger partial charge in [0.25, 0.3) is 0 Å². The van der Waals surface area contributed by atoms with Crippen molar-refractivity contribution in [2.45, 2.75) is 13.8 Å². The Morgan fingerprint density at radius 3 is 2.27 bits per heavy atom. The molecule has 3 aromatic heterocycles. The first-order valence-electron chi connectivity index (χ1n) is 8.44. The Morgan fingerprint density at radius 1 is 0.962 bits per heavy atom. The Bertz CT molecular complexity index is 899. The van der Waals surface area contributed by atoms with E-state index in [1.165, 1.54) is 12.5 Å². The molecule has 4 heterocycles. The molecule has 1 saturated heterocycles. The Labute approximate surface area is 150 Å². The Kier molecular flexibility index (Phi) is 4.19. The highest BCUT2D eigenvalue weighted by molar-refractivity contribution is 5.45. The number of rotatable bonds is 3. The molecule has 1 aliphatic rings. The fourth-order valence-electron chi connectivity index (χ4n) is 3.15. The van der Waals surface area contributed by atoms with Crippen LogP contribution in [-0.4, -0.2) is 56.1 Å². The minimum atomic E-state index is -0.394. The average Bonchev–Trinajstić information content (AvgIpc) is 3.01. The molecule has 1 aliphatic heterocycles. The van der Waals surface area contributed by atoms with Crippen LogP contribution in [0.25, 0.3) is 5.82 Å². The number of hydrogen-bond donors (Lipinski definition) is 0. The SMILES string of the molecule is Cc1cc(C)n(-c2ccc(N3CCN(c4ncncc4F)CC3)nn2)n1. The summed E-state index contributed by atoms with van der Waals surface area (Å²) < 4.78 is 15.6. The largest absolute Gasteiger partial charge is 0.352 e. The first-order chi connectivity index (χ1) is 12.6. The summed E-state index contributed by atoms with van der Waals surface area (Å²) in [6.07, 6.45) is 2.56. The van der Waals surface area contributed by atoms with Gasteiger partial charge in [-0.05, 0) is 32.0 Å². The molecular formula is C17H19FN8. The van der Waals surface area contributed by atoms with Gasteiger partial charge in [-0.2, -0.15) is 5.10 Å². The minimum Gasteiger partial charge on any atom is -0.352 e. The molecule has 0 aromatic carbocycles. The summed E-state index contributed by atoms with van der Waals surface area (Å²) in [5.41, 5.74) is 1.96. The second kappa shape index (κ2) is 6.66. The second-order valence-electron chi connectivity index (χ2n) is 6.26.